The van der Waals surface area contributed by atoms with E-state index in [9.17, 15) is 9.59 Å². The van der Waals surface area contributed by atoms with E-state index >= 15 is 0 Å². The molecule has 0 aliphatic carbocycles. The molecule has 0 radical (unpaired) electrons. The van der Waals surface area contributed by atoms with Crippen LogP contribution in [0.5, 0.6) is 5.75 Å². The Hall–Kier alpha value is -4.85. The summed E-state index contributed by atoms with van der Waals surface area (Å²) in [7, 11) is 1.69. The number of nitrogens with zero attached hydrogens (tertiary/aromatic N) is 3. The lowest BCUT2D eigenvalue weighted by atomic mass is 9.95. The van der Waals surface area contributed by atoms with Crippen LogP contribution in [0.4, 0.5) is 17.1 Å². The summed E-state index contributed by atoms with van der Waals surface area (Å²) in [6, 6.07) is 27.2. The number of hydrogen-bond acceptors (Lipinski definition) is 6. The number of nitrogens with one attached hydrogen (secondary N) is 2. The van der Waals surface area contributed by atoms with E-state index < -0.39 is 0 Å². The molecule has 1 atom stereocenters. The van der Waals surface area contributed by atoms with E-state index in [0.29, 0.717) is 24.2 Å². The number of carbonyl (C=O) groups excluding carboxylic acids is 2. The fourth-order valence-corrected chi connectivity index (χ4v) is 5.42. The standard InChI is InChI=1S/C34H37N5O3/c1-3-28(26-11-5-4-6-12-26)34(41)37-27-15-16-30(29(22-27)33(40)36-24-25-10-9-17-35-23-25)38-18-20-39(21-19-38)31-13-7-8-14-32(31)42-2/h4-17,22-23,28H,3,18-21,24H2,1-2H3,(H,36,40)(H,37,41). The van der Waals surface area contributed by atoms with Crippen LogP contribution >= 0.6 is 0 Å². The predicted octanol–water partition coefficient (Wildman–Crippen LogP) is 5.48. The SMILES string of the molecule is CCC(C(=O)Nc1ccc(N2CCN(c3ccccc3OC)CC2)c(C(=O)NCc2cccnc2)c1)c1ccccc1. The molecular formula is C34H37N5O3. The maximum absolute atomic E-state index is 13.6. The number of para-hydroxylation sites is 2. The summed E-state index contributed by atoms with van der Waals surface area (Å²) in [5, 5.41) is 6.10. The molecular weight excluding hydrogens is 526 g/mol. The quantitative estimate of drug-likeness (QED) is 0.266. The van der Waals surface area contributed by atoms with Gasteiger partial charge in [0.2, 0.25) is 5.91 Å². The van der Waals surface area contributed by atoms with Crippen LogP contribution in [0.25, 0.3) is 0 Å². The molecule has 0 saturated carbocycles. The first-order valence-corrected chi connectivity index (χ1v) is 14.4. The van der Waals surface area contributed by atoms with Crippen molar-refractivity contribution in [3.8, 4) is 5.75 Å². The molecule has 5 rings (SSSR count). The van der Waals surface area contributed by atoms with Crippen LogP contribution in [-0.4, -0.2) is 50.1 Å². The second-order valence-corrected chi connectivity index (χ2v) is 10.3. The molecule has 2 amide bonds. The molecule has 42 heavy (non-hydrogen) atoms. The van der Waals surface area contributed by atoms with E-state index in [2.05, 4.69) is 31.5 Å². The Labute approximate surface area is 247 Å². The van der Waals surface area contributed by atoms with Gasteiger partial charge in [-0.15, -0.1) is 0 Å². The average Bonchev–Trinajstić information content (AvgIpc) is 3.05. The molecule has 1 aliphatic heterocycles. The van der Waals surface area contributed by atoms with Crippen LogP contribution in [-0.2, 0) is 11.3 Å². The smallest absolute Gasteiger partial charge is 0.253 e. The number of anilines is 3. The number of hydrogen-bond donors (Lipinski definition) is 2. The molecule has 1 aromatic heterocycles. The Bertz CT molecular complexity index is 1490. The number of carbonyl (C=O) groups is 2. The van der Waals surface area contributed by atoms with Crippen LogP contribution < -0.4 is 25.2 Å². The number of methoxy groups -OCH3 is 1. The largest absolute Gasteiger partial charge is 0.495 e. The van der Waals surface area contributed by atoms with Gasteiger partial charge < -0.3 is 25.2 Å². The predicted molar refractivity (Wildman–Crippen MR) is 167 cm³/mol. The maximum Gasteiger partial charge on any atom is 0.253 e. The van der Waals surface area contributed by atoms with Gasteiger partial charge in [-0.1, -0.05) is 55.5 Å². The molecule has 1 fully saturated rings. The van der Waals surface area contributed by atoms with Crippen LogP contribution in [0.1, 0.15) is 40.7 Å². The van der Waals surface area contributed by atoms with Crippen molar-refractivity contribution in [2.75, 3.05) is 48.4 Å². The zero-order chi connectivity index (χ0) is 29.3. The molecule has 2 N–H and O–H groups in total. The minimum atomic E-state index is -0.281. The monoisotopic (exact) mass is 563 g/mol. The fraction of sp³-hybridized carbons (Fsp3) is 0.265. The molecule has 2 heterocycles. The zero-order valence-corrected chi connectivity index (χ0v) is 24.1. The molecule has 1 unspecified atom stereocenters. The van der Waals surface area contributed by atoms with Crippen molar-refractivity contribution in [2.24, 2.45) is 0 Å². The Morgan fingerprint density at radius 1 is 0.881 bits per heavy atom. The minimum absolute atomic E-state index is 0.0939. The van der Waals surface area contributed by atoms with E-state index in [1.807, 2.05) is 79.7 Å². The summed E-state index contributed by atoms with van der Waals surface area (Å²) in [4.78, 5) is 35.6. The summed E-state index contributed by atoms with van der Waals surface area (Å²) in [5.74, 6) is 0.273. The lowest BCUT2D eigenvalue weighted by Gasteiger charge is -2.38. The zero-order valence-electron chi connectivity index (χ0n) is 24.1. The van der Waals surface area contributed by atoms with E-state index in [-0.39, 0.29) is 17.7 Å². The molecule has 0 bridgehead atoms. The third-order valence-electron chi connectivity index (χ3n) is 7.66. The van der Waals surface area contributed by atoms with Gasteiger partial charge in [0.05, 0.1) is 24.3 Å². The summed E-state index contributed by atoms with van der Waals surface area (Å²) < 4.78 is 5.57. The lowest BCUT2D eigenvalue weighted by molar-refractivity contribution is -0.117. The molecule has 4 aromatic rings. The van der Waals surface area contributed by atoms with Crippen LogP contribution in [0, 0.1) is 0 Å². The molecule has 216 valence electrons. The highest BCUT2D eigenvalue weighted by Gasteiger charge is 2.25. The first-order valence-electron chi connectivity index (χ1n) is 14.4. The Kier molecular flexibility index (Phi) is 9.33. The molecule has 8 nitrogen and oxygen atoms in total. The Morgan fingerprint density at radius 2 is 1.60 bits per heavy atom. The van der Waals surface area contributed by atoms with E-state index in [4.69, 9.17) is 4.74 Å². The fourth-order valence-electron chi connectivity index (χ4n) is 5.42. The highest BCUT2D eigenvalue weighted by atomic mass is 16.5. The summed E-state index contributed by atoms with van der Waals surface area (Å²) >= 11 is 0. The van der Waals surface area contributed by atoms with Gasteiger partial charge in [0.15, 0.2) is 0 Å². The number of ether oxygens (including phenoxy) is 1. The van der Waals surface area contributed by atoms with Crippen LogP contribution in [0.3, 0.4) is 0 Å². The first kappa shape index (κ1) is 28.7. The Morgan fingerprint density at radius 3 is 2.29 bits per heavy atom. The summed E-state index contributed by atoms with van der Waals surface area (Å²) in [6.45, 7) is 5.39. The van der Waals surface area contributed by atoms with Gasteiger partial charge in [-0.05, 0) is 53.9 Å². The second kappa shape index (κ2) is 13.7. The number of aromatic nitrogens is 1. The van der Waals surface area contributed by atoms with Gasteiger partial charge in [0, 0.05) is 56.5 Å². The normalized spacial score (nSPS) is 13.8. The number of piperazine rings is 1. The number of amides is 2. The van der Waals surface area contributed by atoms with Crippen molar-refractivity contribution in [1.29, 1.82) is 0 Å². The van der Waals surface area contributed by atoms with Crippen molar-refractivity contribution >= 4 is 28.9 Å². The van der Waals surface area contributed by atoms with E-state index in [1.54, 1.807) is 25.6 Å². The average molecular weight is 564 g/mol. The first-order chi connectivity index (χ1) is 20.6. The highest BCUT2D eigenvalue weighted by molar-refractivity contribution is 6.03. The second-order valence-electron chi connectivity index (χ2n) is 10.3. The molecule has 8 heteroatoms. The van der Waals surface area contributed by atoms with Crippen molar-refractivity contribution in [1.82, 2.24) is 10.3 Å². The number of pyridine rings is 1. The molecule has 1 saturated heterocycles. The van der Waals surface area contributed by atoms with Crippen molar-refractivity contribution in [2.45, 2.75) is 25.8 Å². The number of rotatable bonds is 10. The van der Waals surface area contributed by atoms with Crippen LogP contribution in [0.15, 0.2) is 97.3 Å². The van der Waals surface area contributed by atoms with Gasteiger partial charge in [-0.3, -0.25) is 14.6 Å². The molecule has 0 spiro atoms. The summed E-state index contributed by atoms with van der Waals surface area (Å²) in [5.41, 5.74) is 4.91. The van der Waals surface area contributed by atoms with Gasteiger partial charge in [-0.25, -0.2) is 0 Å². The van der Waals surface area contributed by atoms with Crippen LogP contribution in [0.2, 0.25) is 0 Å². The topological polar surface area (TPSA) is 86.8 Å². The van der Waals surface area contributed by atoms with Crippen molar-refractivity contribution in [3.63, 3.8) is 0 Å². The van der Waals surface area contributed by atoms with Crippen molar-refractivity contribution in [3.05, 3.63) is 114 Å². The van der Waals surface area contributed by atoms with E-state index in [1.165, 1.54) is 0 Å². The van der Waals surface area contributed by atoms with Gasteiger partial charge in [0.1, 0.15) is 5.75 Å². The molecule has 1 aliphatic rings. The number of benzene rings is 3. The highest BCUT2D eigenvalue weighted by Crippen LogP contribution is 2.31. The third kappa shape index (κ3) is 6.71. The van der Waals surface area contributed by atoms with E-state index in [0.717, 1.165) is 54.4 Å². The van der Waals surface area contributed by atoms with Crippen molar-refractivity contribution < 1.29 is 14.3 Å². The van der Waals surface area contributed by atoms with Gasteiger partial charge >= 0.3 is 0 Å². The third-order valence-corrected chi connectivity index (χ3v) is 7.66. The summed E-state index contributed by atoms with van der Waals surface area (Å²) in [6.07, 6.45) is 4.12. The maximum atomic E-state index is 13.6. The van der Waals surface area contributed by atoms with Gasteiger partial charge in [-0.2, -0.15) is 0 Å². The Balaban J connectivity index is 1.36. The lowest BCUT2D eigenvalue weighted by Crippen LogP contribution is -2.47. The molecule has 3 aromatic carbocycles. The minimum Gasteiger partial charge on any atom is -0.495 e. The van der Waals surface area contributed by atoms with Gasteiger partial charge in [0.25, 0.3) is 5.91 Å².